The molecule has 2 heterocycles. The average molecular weight is 708 g/mol. The highest BCUT2D eigenvalue weighted by Gasteiger charge is 2.51. The number of ether oxygens (including phenoxy) is 2. The topological polar surface area (TPSA) is 21.7 Å². The minimum absolute atomic E-state index is 0.0281. The second-order valence-electron chi connectivity index (χ2n) is 15.9. The molecule has 7 aromatic carbocycles. The van der Waals surface area contributed by atoms with Gasteiger partial charge in [0.05, 0.1) is 11.1 Å². The van der Waals surface area contributed by atoms with E-state index in [-0.39, 0.29) is 17.4 Å². The Hall–Kier alpha value is -6.58. The zero-order chi connectivity index (χ0) is 36.5. The molecule has 0 N–H and O–H groups in total. The summed E-state index contributed by atoms with van der Waals surface area (Å²) >= 11 is 0. The van der Waals surface area contributed by atoms with E-state index in [4.69, 9.17) is 9.47 Å². The van der Waals surface area contributed by atoms with Crippen molar-refractivity contribution in [1.82, 2.24) is 0 Å². The van der Waals surface area contributed by atoms with Crippen LogP contribution in [-0.2, 0) is 10.8 Å². The molecule has 0 fully saturated rings. The van der Waals surface area contributed by atoms with Crippen LogP contribution in [0.1, 0.15) is 58.7 Å². The number of fused-ring (bicyclic) bond motifs is 15. The zero-order valence-corrected chi connectivity index (χ0v) is 30.7. The van der Waals surface area contributed by atoms with Crippen LogP contribution in [-0.4, -0.2) is 6.10 Å². The van der Waals surface area contributed by atoms with Crippen molar-refractivity contribution in [2.45, 2.75) is 36.7 Å². The van der Waals surface area contributed by atoms with Gasteiger partial charge in [0.15, 0.2) is 0 Å². The molecule has 0 amide bonds. The largest absolute Gasteiger partial charge is 0.485 e. The van der Waals surface area contributed by atoms with Crippen LogP contribution in [0.5, 0.6) is 17.2 Å². The van der Waals surface area contributed by atoms with Gasteiger partial charge in [-0.2, -0.15) is 0 Å². The summed E-state index contributed by atoms with van der Waals surface area (Å²) in [6.45, 7) is 4.71. The van der Waals surface area contributed by atoms with Crippen LogP contribution in [0.25, 0.3) is 22.3 Å². The first-order chi connectivity index (χ1) is 27.0. The van der Waals surface area contributed by atoms with Crippen molar-refractivity contribution < 1.29 is 9.47 Å². The zero-order valence-electron chi connectivity index (χ0n) is 30.7. The van der Waals surface area contributed by atoms with Gasteiger partial charge in [-0.3, -0.25) is 0 Å². The van der Waals surface area contributed by atoms with Crippen molar-refractivity contribution in [3.63, 3.8) is 0 Å². The molecule has 55 heavy (non-hydrogen) atoms. The average Bonchev–Trinajstić information content (AvgIpc) is 3.83. The van der Waals surface area contributed by atoms with Crippen molar-refractivity contribution in [2.75, 3.05) is 4.90 Å². The van der Waals surface area contributed by atoms with E-state index in [0.717, 1.165) is 45.4 Å². The van der Waals surface area contributed by atoms with Gasteiger partial charge in [0, 0.05) is 39.4 Å². The lowest BCUT2D eigenvalue weighted by atomic mass is 9.66. The lowest BCUT2D eigenvalue weighted by molar-refractivity contribution is 0.269. The molecule has 7 aromatic rings. The molecule has 2 aliphatic heterocycles. The summed E-state index contributed by atoms with van der Waals surface area (Å²) in [5.41, 5.74) is 16.5. The molecule has 2 atom stereocenters. The van der Waals surface area contributed by atoms with Crippen LogP contribution < -0.4 is 14.4 Å². The molecule has 3 heteroatoms. The Kier molecular flexibility index (Phi) is 6.16. The lowest BCUT2D eigenvalue weighted by Gasteiger charge is -2.40. The first kappa shape index (κ1) is 30.8. The number of nitrogens with zero attached hydrogens (tertiary/aromatic N) is 1. The van der Waals surface area contributed by atoms with Gasteiger partial charge in [-0.05, 0) is 99.1 Å². The Morgan fingerprint density at radius 2 is 1.04 bits per heavy atom. The minimum atomic E-state index is -0.565. The molecule has 3 nitrogen and oxygen atoms in total. The molecule has 12 rings (SSSR count). The SMILES string of the molecule is CC1(C)c2ccccc2-c2ccc(N(c3ccc4c(c3)C3(c5ccccc5O4)c4ccccc4-c4ccccc43)c3cccc4c3C3C=CC=CC3O4)cc21. The quantitative estimate of drug-likeness (QED) is 0.182. The highest BCUT2D eigenvalue weighted by atomic mass is 16.5. The van der Waals surface area contributed by atoms with Crippen molar-refractivity contribution in [3.8, 4) is 39.5 Å². The smallest absolute Gasteiger partial charge is 0.132 e. The third-order valence-electron chi connectivity index (χ3n) is 12.9. The van der Waals surface area contributed by atoms with Gasteiger partial charge < -0.3 is 14.4 Å². The predicted molar refractivity (Wildman–Crippen MR) is 222 cm³/mol. The van der Waals surface area contributed by atoms with Crippen molar-refractivity contribution >= 4 is 17.1 Å². The minimum Gasteiger partial charge on any atom is -0.485 e. The second-order valence-corrected chi connectivity index (χ2v) is 15.9. The van der Waals surface area contributed by atoms with Gasteiger partial charge in [-0.25, -0.2) is 0 Å². The summed E-state index contributed by atoms with van der Waals surface area (Å²) in [6.07, 6.45) is 8.70. The van der Waals surface area contributed by atoms with Crippen LogP contribution in [0.2, 0.25) is 0 Å². The molecular weight excluding hydrogens is 671 g/mol. The maximum atomic E-state index is 6.85. The van der Waals surface area contributed by atoms with Gasteiger partial charge in [0.1, 0.15) is 23.4 Å². The van der Waals surface area contributed by atoms with E-state index in [1.54, 1.807) is 0 Å². The fourth-order valence-corrected chi connectivity index (χ4v) is 10.5. The summed E-state index contributed by atoms with van der Waals surface area (Å²) < 4.78 is 13.5. The van der Waals surface area contributed by atoms with E-state index in [2.05, 4.69) is 195 Å². The molecule has 0 saturated heterocycles. The molecule has 3 aliphatic carbocycles. The van der Waals surface area contributed by atoms with Crippen LogP contribution in [0.15, 0.2) is 176 Å². The maximum Gasteiger partial charge on any atom is 0.132 e. The molecule has 0 radical (unpaired) electrons. The first-order valence-corrected chi connectivity index (χ1v) is 19.3. The van der Waals surface area contributed by atoms with Gasteiger partial charge >= 0.3 is 0 Å². The first-order valence-electron chi connectivity index (χ1n) is 19.3. The Balaban J connectivity index is 1.14. The number of hydrogen-bond acceptors (Lipinski definition) is 3. The molecule has 0 saturated carbocycles. The summed E-state index contributed by atoms with van der Waals surface area (Å²) in [7, 11) is 0. The summed E-state index contributed by atoms with van der Waals surface area (Å²) in [4.78, 5) is 2.47. The Morgan fingerprint density at radius 3 is 1.80 bits per heavy atom. The van der Waals surface area contributed by atoms with Gasteiger partial charge in [0.25, 0.3) is 0 Å². The predicted octanol–water partition coefficient (Wildman–Crippen LogP) is 12.9. The standard InChI is InChI=1S/C52H37NO2/c1-51(2)39-18-7-3-14-34(39)37-28-26-32(30-43(37)51)53(45-22-13-25-49-50(45)38-17-6-11-23-46(38)54-49)33-27-29-48-44(31-33)52(42-21-10-12-24-47(42)55-48)40-19-8-4-15-35(40)36-16-5-9-20-41(36)52/h3-31,38,46H,1-2H3. The van der Waals surface area contributed by atoms with E-state index < -0.39 is 5.41 Å². The molecule has 1 spiro atoms. The summed E-state index contributed by atoms with van der Waals surface area (Å²) in [5.74, 6) is 2.82. The van der Waals surface area contributed by atoms with E-state index >= 15 is 0 Å². The Labute approximate surface area is 321 Å². The van der Waals surface area contributed by atoms with E-state index in [1.807, 2.05) is 0 Å². The van der Waals surface area contributed by atoms with E-state index in [1.165, 1.54) is 50.1 Å². The molecule has 5 aliphatic rings. The van der Waals surface area contributed by atoms with E-state index in [0.29, 0.717) is 0 Å². The number of hydrogen-bond donors (Lipinski definition) is 0. The fourth-order valence-electron chi connectivity index (χ4n) is 10.5. The highest BCUT2D eigenvalue weighted by molar-refractivity contribution is 5.91. The van der Waals surface area contributed by atoms with E-state index in [9.17, 15) is 0 Å². The fraction of sp³-hybridized carbons (Fsp3) is 0.115. The van der Waals surface area contributed by atoms with Gasteiger partial charge in [-0.1, -0.05) is 135 Å². The number of allylic oxidation sites excluding steroid dienone is 2. The summed E-state index contributed by atoms with van der Waals surface area (Å²) in [5, 5.41) is 0. The molecular formula is C52H37NO2. The molecule has 2 unspecified atom stereocenters. The van der Waals surface area contributed by atoms with Crippen LogP contribution in [0.4, 0.5) is 17.1 Å². The third-order valence-corrected chi connectivity index (χ3v) is 12.9. The number of rotatable bonds is 3. The van der Waals surface area contributed by atoms with Gasteiger partial charge in [-0.15, -0.1) is 0 Å². The van der Waals surface area contributed by atoms with Crippen molar-refractivity contribution in [1.29, 1.82) is 0 Å². The van der Waals surface area contributed by atoms with Gasteiger partial charge in [0.2, 0.25) is 0 Å². The van der Waals surface area contributed by atoms with Crippen LogP contribution in [0, 0.1) is 0 Å². The maximum absolute atomic E-state index is 6.85. The summed E-state index contributed by atoms with van der Waals surface area (Å²) in [6, 6.07) is 55.8. The van der Waals surface area contributed by atoms with Crippen LogP contribution >= 0.6 is 0 Å². The highest BCUT2D eigenvalue weighted by Crippen LogP contribution is 2.63. The van der Waals surface area contributed by atoms with Crippen molar-refractivity contribution in [3.05, 3.63) is 215 Å². The number of benzene rings is 7. The Bertz CT molecular complexity index is 2800. The Morgan fingerprint density at radius 1 is 0.473 bits per heavy atom. The molecule has 0 aromatic heterocycles. The lowest BCUT2D eigenvalue weighted by Crippen LogP contribution is -2.32. The number of para-hydroxylation sites is 1. The normalized spacial score (nSPS) is 18.8. The van der Waals surface area contributed by atoms with Crippen molar-refractivity contribution in [2.24, 2.45) is 0 Å². The monoisotopic (exact) mass is 707 g/mol. The number of anilines is 3. The molecule has 0 bridgehead atoms. The molecule has 262 valence electrons. The third kappa shape index (κ3) is 4.00. The second kappa shape index (κ2) is 11.0. The van der Waals surface area contributed by atoms with Crippen LogP contribution in [0.3, 0.4) is 0 Å².